The molecule has 0 spiro atoms. The molecule has 2 aromatic carbocycles. The molecule has 1 aliphatic rings. The molecule has 0 heterocycles. The molecule has 0 aliphatic heterocycles. The van der Waals surface area contributed by atoms with Crippen molar-refractivity contribution in [3.63, 3.8) is 0 Å². The molecule has 0 saturated carbocycles. The zero-order chi connectivity index (χ0) is 19.3. The SMILES string of the molecule is NC#CC1=C(NC=O)C=C([N+](=O)[O-])C(c2ccccc2)(c2ccccc2)C1. The third-order valence-corrected chi connectivity index (χ3v) is 4.65. The Hall–Kier alpha value is -3.85. The first-order valence-corrected chi connectivity index (χ1v) is 8.26. The van der Waals surface area contributed by atoms with Gasteiger partial charge in [-0.3, -0.25) is 14.9 Å². The van der Waals surface area contributed by atoms with E-state index in [1.807, 2.05) is 60.7 Å². The van der Waals surface area contributed by atoms with Gasteiger partial charge in [0, 0.05) is 24.1 Å². The van der Waals surface area contributed by atoms with Crippen molar-refractivity contribution in [2.45, 2.75) is 11.8 Å². The van der Waals surface area contributed by atoms with Gasteiger partial charge in [-0.1, -0.05) is 60.7 Å². The zero-order valence-corrected chi connectivity index (χ0v) is 14.4. The van der Waals surface area contributed by atoms with Crippen LogP contribution in [-0.4, -0.2) is 11.3 Å². The van der Waals surface area contributed by atoms with Crippen molar-refractivity contribution in [2.75, 3.05) is 0 Å². The van der Waals surface area contributed by atoms with Crippen LogP contribution in [0.1, 0.15) is 17.5 Å². The van der Waals surface area contributed by atoms with Crippen LogP contribution in [-0.2, 0) is 10.2 Å². The quantitative estimate of drug-likeness (QED) is 0.282. The Labute approximate surface area is 156 Å². The first kappa shape index (κ1) is 18.0. The predicted octanol–water partition coefficient (Wildman–Crippen LogP) is 2.46. The lowest BCUT2D eigenvalue weighted by molar-refractivity contribution is -0.434. The second-order valence-corrected chi connectivity index (χ2v) is 6.02. The second kappa shape index (κ2) is 7.58. The van der Waals surface area contributed by atoms with Gasteiger partial charge < -0.3 is 11.1 Å². The molecule has 3 rings (SSSR count). The van der Waals surface area contributed by atoms with E-state index < -0.39 is 10.3 Å². The monoisotopic (exact) mass is 359 g/mol. The number of nitrogens with zero attached hydrogens (tertiary/aromatic N) is 1. The van der Waals surface area contributed by atoms with E-state index >= 15 is 0 Å². The average Bonchev–Trinajstić information content (AvgIpc) is 2.70. The zero-order valence-electron chi connectivity index (χ0n) is 14.4. The van der Waals surface area contributed by atoms with Crippen LogP contribution in [0, 0.1) is 22.1 Å². The summed E-state index contributed by atoms with van der Waals surface area (Å²) in [6, 6.07) is 20.9. The maximum atomic E-state index is 12.1. The van der Waals surface area contributed by atoms with E-state index in [2.05, 4.69) is 17.3 Å². The average molecular weight is 359 g/mol. The van der Waals surface area contributed by atoms with Gasteiger partial charge in [-0.15, -0.1) is 0 Å². The second-order valence-electron chi connectivity index (χ2n) is 6.02. The molecule has 1 amide bonds. The highest BCUT2D eigenvalue weighted by Crippen LogP contribution is 2.47. The molecule has 27 heavy (non-hydrogen) atoms. The van der Waals surface area contributed by atoms with Crippen molar-refractivity contribution in [1.82, 2.24) is 5.32 Å². The highest BCUT2D eigenvalue weighted by Gasteiger charge is 2.48. The van der Waals surface area contributed by atoms with Crippen molar-refractivity contribution < 1.29 is 9.72 Å². The number of hydrogen-bond donors (Lipinski definition) is 2. The summed E-state index contributed by atoms with van der Waals surface area (Å²) in [7, 11) is 0. The Morgan fingerprint density at radius 2 is 1.63 bits per heavy atom. The molecule has 0 aromatic heterocycles. The van der Waals surface area contributed by atoms with Crippen molar-refractivity contribution in [3.8, 4) is 12.0 Å². The molecule has 134 valence electrons. The first-order chi connectivity index (χ1) is 13.1. The highest BCUT2D eigenvalue weighted by atomic mass is 16.6. The molecular formula is C21H17N3O3. The molecule has 0 saturated heterocycles. The minimum atomic E-state index is -1.06. The Morgan fingerprint density at radius 1 is 1.07 bits per heavy atom. The molecule has 0 fully saturated rings. The lowest BCUT2D eigenvalue weighted by Gasteiger charge is -2.35. The van der Waals surface area contributed by atoms with Crippen LogP contribution < -0.4 is 11.1 Å². The maximum absolute atomic E-state index is 12.1. The summed E-state index contributed by atoms with van der Waals surface area (Å²) < 4.78 is 0. The van der Waals surface area contributed by atoms with Gasteiger partial charge in [-0.05, 0) is 17.0 Å². The van der Waals surface area contributed by atoms with Crippen molar-refractivity contribution in [3.05, 3.63) is 105 Å². The van der Waals surface area contributed by atoms with E-state index in [1.165, 1.54) is 6.08 Å². The van der Waals surface area contributed by atoms with E-state index in [1.54, 1.807) is 0 Å². The fraction of sp³-hybridized carbons (Fsp3) is 0.0952. The van der Waals surface area contributed by atoms with Gasteiger partial charge >= 0.3 is 0 Å². The van der Waals surface area contributed by atoms with E-state index in [4.69, 9.17) is 5.73 Å². The Balaban J connectivity index is 2.36. The molecule has 1 aliphatic carbocycles. The van der Waals surface area contributed by atoms with Gasteiger partial charge in [0.05, 0.1) is 10.6 Å². The van der Waals surface area contributed by atoms with Gasteiger partial charge in [0.2, 0.25) is 6.41 Å². The fourth-order valence-corrected chi connectivity index (χ4v) is 3.51. The number of carbonyl (C=O) groups excluding carboxylic acids is 1. The van der Waals surface area contributed by atoms with Crippen LogP contribution in [0.4, 0.5) is 0 Å². The van der Waals surface area contributed by atoms with Gasteiger partial charge in [-0.25, -0.2) is 0 Å². The number of allylic oxidation sites excluding steroid dienone is 3. The Morgan fingerprint density at radius 3 is 2.07 bits per heavy atom. The van der Waals surface area contributed by atoms with Gasteiger partial charge in [0.25, 0.3) is 5.70 Å². The van der Waals surface area contributed by atoms with E-state index in [-0.39, 0.29) is 17.8 Å². The maximum Gasteiger partial charge on any atom is 0.263 e. The summed E-state index contributed by atoms with van der Waals surface area (Å²) in [5.74, 6) is 2.79. The first-order valence-electron chi connectivity index (χ1n) is 8.26. The topological polar surface area (TPSA) is 98.3 Å². The number of carbonyl (C=O) groups is 1. The summed E-state index contributed by atoms with van der Waals surface area (Å²) in [4.78, 5) is 22.6. The summed E-state index contributed by atoms with van der Waals surface area (Å²) in [6.07, 6.45) is 2.05. The largest absolute Gasteiger partial charge is 0.359 e. The highest BCUT2D eigenvalue weighted by molar-refractivity contribution is 5.61. The van der Waals surface area contributed by atoms with E-state index in [0.717, 1.165) is 11.1 Å². The lowest BCUT2D eigenvalue weighted by atomic mass is 9.65. The third-order valence-electron chi connectivity index (χ3n) is 4.65. The van der Waals surface area contributed by atoms with Gasteiger partial charge in [0.1, 0.15) is 5.41 Å². The van der Waals surface area contributed by atoms with E-state index in [0.29, 0.717) is 12.0 Å². The van der Waals surface area contributed by atoms with Gasteiger partial charge in [0.15, 0.2) is 0 Å². The van der Waals surface area contributed by atoms with Crippen molar-refractivity contribution in [2.24, 2.45) is 5.73 Å². The standard InChI is InChI=1S/C21H17N3O3/c22-12-11-16-14-21(17-7-3-1-4-8-17,18-9-5-2-6-10-18)20(24(26)27)13-19(16)23-15-25/h1-10,13,15H,14,22H2,(H,23,25). The summed E-state index contributed by atoms with van der Waals surface area (Å²) in [5, 5.41) is 14.6. The Bertz CT molecular complexity index is 944. The smallest absolute Gasteiger partial charge is 0.263 e. The van der Waals surface area contributed by atoms with Crippen LogP contribution >= 0.6 is 0 Å². The molecule has 0 radical (unpaired) electrons. The third kappa shape index (κ3) is 3.18. The molecular weight excluding hydrogens is 342 g/mol. The minimum absolute atomic E-state index is 0.0354. The number of nitrogens with two attached hydrogens (primary N) is 1. The number of hydrogen-bond acceptors (Lipinski definition) is 4. The molecule has 6 heteroatoms. The molecule has 2 aromatic rings. The van der Waals surface area contributed by atoms with E-state index in [9.17, 15) is 14.9 Å². The minimum Gasteiger partial charge on any atom is -0.359 e. The van der Waals surface area contributed by atoms with Crippen LogP contribution in [0.25, 0.3) is 0 Å². The molecule has 0 atom stereocenters. The Kier molecular flexibility index (Phi) is 5.04. The number of benzene rings is 2. The molecule has 0 unspecified atom stereocenters. The fourth-order valence-electron chi connectivity index (χ4n) is 3.51. The number of rotatable bonds is 5. The number of nitrogens with one attached hydrogen (secondary N) is 1. The van der Waals surface area contributed by atoms with Crippen molar-refractivity contribution in [1.29, 1.82) is 0 Å². The lowest BCUT2D eigenvalue weighted by Crippen LogP contribution is -2.38. The van der Waals surface area contributed by atoms with Crippen LogP contribution in [0.3, 0.4) is 0 Å². The summed E-state index contributed by atoms with van der Waals surface area (Å²) >= 11 is 0. The molecule has 6 nitrogen and oxygen atoms in total. The van der Waals surface area contributed by atoms with Gasteiger partial charge in [-0.2, -0.15) is 0 Å². The predicted molar refractivity (Wildman–Crippen MR) is 102 cm³/mol. The molecule has 3 N–H and O–H groups in total. The van der Waals surface area contributed by atoms with Crippen molar-refractivity contribution >= 4 is 6.41 Å². The van der Waals surface area contributed by atoms with Crippen LogP contribution in [0.2, 0.25) is 0 Å². The summed E-state index contributed by atoms with van der Waals surface area (Å²) in [6.45, 7) is 0. The summed E-state index contributed by atoms with van der Waals surface area (Å²) in [5.41, 5.74) is 6.67. The molecule has 0 bridgehead atoms. The van der Waals surface area contributed by atoms with Crippen LogP contribution in [0.5, 0.6) is 0 Å². The normalized spacial score (nSPS) is 15.2. The van der Waals surface area contributed by atoms with Crippen LogP contribution in [0.15, 0.2) is 83.7 Å². The number of amides is 1. The number of nitro groups is 1.